The Morgan fingerprint density at radius 2 is 1.96 bits per heavy atom. The summed E-state index contributed by atoms with van der Waals surface area (Å²) < 4.78 is 0. The van der Waals surface area contributed by atoms with Crippen molar-refractivity contribution in [3.8, 4) is 0 Å². The molecule has 7 atom stereocenters. The average Bonchev–Trinajstić information content (AvgIpc) is 2.86. The summed E-state index contributed by atoms with van der Waals surface area (Å²) in [5.41, 5.74) is -1.23. The Morgan fingerprint density at radius 1 is 1.23 bits per heavy atom. The molecule has 5 heteroatoms. The van der Waals surface area contributed by atoms with Crippen molar-refractivity contribution < 1.29 is 24.9 Å². The van der Waals surface area contributed by atoms with Crippen LogP contribution < -0.4 is 0 Å². The summed E-state index contributed by atoms with van der Waals surface area (Å²) in [7, 11) is 0. The zero-order valence-corrected chi connectivity index (χ0v) is 15.7. The van der Waals surface area contributed by atoms with E-state index in [4.69, 9.17) is 0 Å². The molecule has 0 heterocycles. The fourth-order valence-corrected chi connectivity index (χ4v) is 7.28. The van der Waals surface area contributed by atoms with Gasteiger partial charge in [-0.05, 0) is 67.8 Å². The second-order valence-electron chi connectivity index (χ2n) is 9.56. The topological polar surface area (TPSA) is 94.8 Å². The third kappa shape index (κ3) is 2.14. The summed E-state index contributed by atoms with van der Waals surface area (Å²) in [6.45, 7) is 3.46. The minimum atomic E-state index is -1.54. The lowest BCUT2D eigenvalue weighted by Crippen LogP contribution is -2.62. The molecular weight excluding hydrogens is 332 g/mol. The van der Waals surface area contributed by atoms with Crippen molar-refractivity contribution in [2.45, 2.75) is 70.5 Å². The fraction of sp³-hybridized carbons (Fsp3) is 0.810. The summed E-state index contributed by atoms with van der Waals surface area (Å²) >= 11 is 0. The molecule has 3 N–H and O–H groups in total. The van der Waals surface area contributed by atoms with E-state index in [-0.39, 0.29) is 29.0 Å². The standard InChI is InChI=1S/C21H30O5/c1-19-7-5-13(23)9-12(19)3-4-14-15-6-8-21(26,17(25)11-22)20(15,2)10-16(24)18(14)19/h9,14-16,18,22,24,26H,3-8,10-11H2,1-2H3/t14?,15?,16?,18?,19?,20-,21?/m0/s1. The number of aliphatic hydroxyl groups is 3. The SMILES string of the molecule is CC12CCC(=O)C=C1CCC1C2C(O)C[C@@]2(C)C1CCC2(O)C(=O)CO. The first-order chi connectivity index (χ1) is 12.2. The van der Waals surface area contributed by atoms with E-state index in [1.165, 1.54) is 5.57 Å². The van der Waals surface area contributed by atoms with E-state index in [2.05, 4.69) is 6.92 Å². The Balaban J connectivity index is 1.74. The van der Waals surface area contributed by atoms with Crippen LogP contribution in [-0.4, -0.2) is 45.2 Å². The molecule has 4 rings (SSSR count). The van der Waals surface area contributed by atoms with Crippen molar-refractivity contribution in [3.05, 3.63) is 11.6 Å². The van der Waals surface area contributed by atoms with Crippen molar-refractivity contribution >= 4 is 11.6 Å². The number of allylic oxidation sites excluding steroid dienone is 1. The van der Waals surface area contributed by atoms with Gasteiger partial charge in [-0.2, -0.15) is 0 Å². The molecule has 0 bridgehead atoms. The van der Waals surface area contributed by atoms with Gasteiger partial charge in [0.15, 0.2) is 11.6 Å². The quantitative estimate of drug-likeness (QED) is 0.696. The third-order valence-corrected chi connectivity index (χ3v) is 8.65. The average molecular weight is 362 g/mol. The van der Waals surface area contributed by atoms with Crippen molar-refractivity contribution in [2.75, 3.05) is 6.61 Å². The maximum Gasteiger partial charge on any atom is 0.190 e. The van der Waals surface area contributed by atoms with Gasteiger partial charge in [0.25, 0.3) is 0 Å². The molecule has 0 aliphatic heterocycles. The van der Waals surface area contributed by atoms with Crippen LogP contribution in [0.5, 0.6) is 0 Å². The molecule has 4 aliphatic rings. The molecule has 0 spiro atoms. The highest BCUT2D eigenvalue weighted by atomic mass is 16.3. The molecule has 0 aromatic carbocycles. The second-order valence-corrected chi connectivity index (χ2v) is 9.56. The molecule has 26 heavy (non-hydrogen) atoms. The maximum atomic E-state index is 12.4. The summed E-state index contributed by atoms with van der Waals surface area (Å²) in [5.74, 6) is 0.140. The van der Waals surface area contributed by atoms with E-state index in [9.17, 15) is 24.9 Å². The van der Waals surface area contributed by atoms with Crippen LogP contribution in [0.2, 0.25) is 0 Å². The Bertz CT molecular complexity index is 684. The molecule has 3 fully saturated rings. The predicted octanol–water partition coefficient (Wildman–Crippen LogP) is 1.78. The van der Waals surface area contributed by atoms with Crippen LogP contribution in [0.25, 0.3) is 0 Å². The Labute approximate surface area is 154 Å². The number of Topliss-reactive ketones (excluding diaryl/α,β-unsaturated/α-hetero) is 1. The third-order valence-electron chi connectivity index (χ3n) is 8.65. The Morgan fingerprint density at radius 3 is 2.65 bits per heavy atom. The molecule has 0 aromatic rings. The van der Waals surface area contributed by atoms with Gasteiger partial charge in [0, 0.05) is 11.8 Å². The van der Waals surface area contributed by atoms with Gasteiger partial charge in [-0.15, -0.1) is 0 Å². The second kappa shape index (κ2) is 5.73. The van der Waals surface area contributed by atoms with Crippen LogP contribution in [0.3, 0.4) is 0 Å². The molecular formula is C21H30O5. The van der Waals surface area contributed by atoms with Gasteiger partial charge >= 0.3 is 0 Å². The van der Waals surface area contributed by atoms with Crippen LogP contribution in [0, 0.1) is 28.6 Å². The lowest BCUT2D eigenvalue weighted by atomic mass is 9.45. The van der Waals surface area contributed by atoms with E-state index in [0.717, 1.165) is 25.7 Å². The van der Waals surface area contributed by atoms with E-state index in [1.54, 1.807) is 6.08 Å². The van der Waals surface area contributed by atoms with Crippen LogP contribution in [0.4, 0.5) is 0 Å². The lowest BCUT2D eigenvalue weighted by molar-refractivity contribution is -0.182. The minimum Gasteiger partial charge on any atom is -0.393 e. The number of ketones is 2. The maximum absolute atomic E-state index is 12.4. The van der Waals surface area contributed by atoms with Crippen LogP contribution in [0.15, 0.2) is 11.6 Å². The summed E-state index contributed by atoms with van der Waals surface area (Å²) in [4.78, 5) is 24.3. The lowest BCUT2D eigenvalue weighted by Gasteiger charge is -2.60. The summed E-state index contributed by atoms with van der Waals surface area (Å²) in [5, 5.41) is 31.7. The zero-order valence-electron chi connectivity index (χ0n) is 15.7. The first kappa shape index (κ1) is 18.3. The van der Waals surface area contributed by atoms with Crippen molar-refractivity contribution in [1.29, 1.82) is 0 Å². The van der Waals surface area contributed by atoms with Gasteiger partial charge < -0.3 is 15.3 Å². The zero-order chi connectivity index (χ0) is 18.9. The largest absolute Gasteiger partial charge is 0.393 e. The number of hydrogen-bond acceptors (Lipinski definition) is 5. The van der Waals surface area contributed by atoms with Gasteiger partial charge in [0.2, 0.25) is 0 Å². The Kier molecular flexibility index (Phi) is 4.04. The van der Waals surface area contributed by atoms with Crippen LogP contribution in [-0.2, 0) is 9.59 Å². The number of rotatable bonds is 2. The molecule has 3 saturated carbocycles. The normalized spacial score (nSPS) is 50.5. The summed E-state index contributed by atoms with van der Waals surface area (Å²) in [6, 6.07) is 0. The highest BCUT2D eigenvalue weighted by Crippen LogP contribution is 2.67. The van der Waals surface area contributed by atoms with Gasteiger partial charge in [-0.3, -0.25) is 9.59 Å². The first-order valence-corrected chi connectivity index (χ1v) is 9.96. The van der Waals surface area contributed by atoms with E-state index in [0.29, 0.717) is 19.3 Å². The van der Waals surface area contributed by atoms with Crippen LogP contribution >= 0.6 is 0 Å². The van der Waals surface area contributed by atoms with Crippen LogP contribution in [0.1, 0.15) is 58.8 Å². The van der Waals surface area contributed by atoms with E-state index < -0.39 is 29.5 Å². The van der Waals surface area contributed by atoms with Gasteiger partial charge in [0.05, 0.1) is 6.10 Å². The van der Waals surface area contributed by atoms with Crippen molar-refractivity contribution in [3.63, 3.8) is 0 Å². The van der Waals surface area contributed by atoms with Gasteiger partial charge in [0.1, 0.15) is 12.2 Å². The van der Waals surface area contributed by atoms with E-state index >= 15 is 0 Å². The monoisotopic (exact) mass is 362 g/mol. The molecule has 144 valence electrons. The Hall–Kier alpha value is -1.04. The highest BCUT2D eigenvalue weighted by molar-refractivity contribution is 5.91. The number of carbonyl (C=O) groups is 2. The van der Waals surface area contributed by atoms with Crippen molar-refractivity contribution in [2.24, 2.45) is 28.6 Å². The summed E-state index contributed by atoms with van der Waals surface area (Å²) in [6.07, 6.45) is 5.74. The fourth-order valence-electron chi connectivity index (χ4n) is 7.28. The molecule has 0 saturated heterocycles. The molecule has 0 aromatic heterocycles. The molecule has 4 aliphatic carbocycles. The molecule has 0 amide bonds. The number of hydrogen-bond donors (Lipinski definition) is 3. The predicted molar refractivity (Wildman–Crippen MR) is 95.1 cm³/mol. The van der Waals surface area contributed by atoms with Crippen molar-refractivity contribution in [1.82, 2.24) is 0 Å². The highest BCUT2D eigenvalue weighted by Gasteiger charge is 2.68. The number of aliphatic hydroxyl groups excluding tert-OH is 2. The van der Waals surface area contributed by atoms with Gasteiger partial charge in [-0.1, -0.05) is 19.4 Å². The number of carbonyl (C=O) groups excluding carboxylic acids is 2. The molecule has 5 nitrogen and oxygen atoms in total. The number of fused-ring (bicyclic) bond motifs is 5. The minimum absolute atomic E-state index is 0.0697. The van der Waals surface area contributed by atoms with E-state index in [1.807, 2.05) is 6.92 Å². The smallest absolute Gasteiger partial charge is 0.190 e. The first-order valence-electron chi connectivity index (χ1n) is 9.96. The molecule has 0 radical (unpaired) electrons. The van der Waals surface area contributed by atoms with Gasteiger partial charge in [-0.25, -0.2) is 0 Å². The molecule has 6 unspecified atom stereocenters.